The topological polar surface area (TPSA) is 387 Å². The minimum Gasteiger partial charge on any atom is -0.480 e. The number of aliphatic hydroxyl groups excluding tert-OH is 1. The molecule has 0 saturated carbocycles. The summed E-state index contributed by atoms with van der Waals surface area (Å²) in [4.78, 5) is 113. The number of carbonyl (C=O) groups excluding carboxylic acids is 5. The van der Waals surface area contributed by atoms with Crippen molar-refractivity contribution in [2.24, 2.45) is 16.5 Å². The number of guanidine groups is 1. The lowest BCUT2D eigenvalue weighted by Gasteiger charge is -2.33. The lowest BCUT2D eigenvalue weighted by atomic mass is 9.77. The van der Waals surface area contributed by atoms with E-state index in [1.807, 2.05) is 0 Å². The van der Waals surface area contributed by atoms with E-state index in [-0.39, 0.29) is 135 Å². The minimum absolute atomic E-state index is 0.0119. The van der Waals surface area contributed by atoms with Gasteiger partial charge in [0.1, 0.15) is 12.1 Å². The summed E-state index contributed by atoms with van der Waals surface area (Å²) < 4.78 is 0. The molecule has 73 heavy (non-hydrogen) atoms. The number of carbonyl (C=O) groups is 8. The summed E-state index contributed by atoms with van der Waals surface area (Å²) in [6.45, 7) is 2.32. The Kier molecular flexibility index (Phi) is 24.2. The van der Waals surface area contributed by atoms with Gasteiger partial charge < -0.3 is 68.1 Å². The number of rotatable bonds is 25. The van der Waals surface area contributed by atoms with Gasteiger partial charge in [0, 0.05) is 95.1 Å². The molecule has 0 spiro atoms. The van der Waals surface area contributed by atoms with Crippen molar-refractivity contribution in [3.05, 3.63) is 42.0 Å². The molecule has 2 fully saturated rings. The van der Waals surface area contributed by atoms with Crippen molar-refractivity contribution in [1.29, 1.82) is 0 Å². The Labute approximate surface area is 423 Å². The molecular formula is C46H71BN12O14. The number of hydrogen-bond donors (Lipinski definition) is 12. The number of likely N-dealkylation sites (tertiary alicyclic amines) is 1. The number of nitrogens with zero attached hydrogens (tertiary/aromatic N) is 6. The highest BCUT2D eigenvalue weighted by molar-refractivity contribution is 6.43. The van der Waals surface area contributed by atoms with E-state index in [1.54, 1.807) is 49.9 Å². The number of aliphatic hydroxyl groups is 1. The number of aliphatic imine (C=N–C) groups is 1. The maximum atomic E-state index is 13.6. The summed E-state index contributed by atoms with van der Waals surface area (Å²) in [6.07, 6.45) is 1.26. The molecule has 0 unspecified atom stereocenters. The standard InChI is InChI=1S/C46H71BN12O14/c1-30(45(71)59-25-31(60)24-37(59)47(72)73)52-43(69)34-12-13-35(33-9-5-4-8-32(33)34)53-38(61)11-3-2-6-14-50-44(70)36(10-7-15-51-46(48)49)54-39(62)26-55-16-18-56(27-40(63)64)20-22-58(29-42(67)68)23-21-57(19-17-55)28-41(65)66/h4-5,8-9,12-13,30-31,36-37,60,72-73H,2-3,6-7,10-11,14-29H2,1H3,(H,50,70)(H,52,69)(H,53,61)(H,54,62)(H,63,64)(H,65,66)(H,67,68)(H4,48,49,51)/t30-,31+,36+,37+/m1/s1. The highest BCUT2D eigenvalue weighted by atomic mass is 16.4. The van der Waals surface area contributed by atoms with Crippen molar-refractivity contribution in [2.45, 2.75) is 76.0 Å². The zero-order chi connectivity index (χ0) is 53.6. The summed E-state index contributed by atoms with van der Waals surface area (Å²) in [5.74, 6) is -6.79. The van der Waals surface area contributed by atoms with Crippen molar-refractivity contribution in [3.63, 3.8) is 0 Å². The second kappa shape index (κ2) is 29.9. The van der Waals surface area contributed by atoms with Gasteiger partial charge in [-0.3, -0.25) is 62.9 Å². The van der Waals surface area contributed by atoms with Gasteiger partial charge >= 0.3 is 25.0 Å². The van der Waals surface area contributed by atoms with Gasteiger partial charge in [-0.2, -0.15) is 0 Å². The molecule has 0 bridgehead atoms. The van der Waals surface area contributed by atoms with Crippen LogP contribution in [0.2, 0.25) is 0 Å². The number of β-amino-alcohol motifs (C(OH)–C–C–N with tert-alkyl or cyclic N) is 1. The molecule has 2 aromatic rings. The highest BCUT2D eigenvalue weighted by Crippen LogP contribution is 2.28. The second-order valence-electron chi connectivity index (χ2n) is 18.3. The largest absolute Gasteiger partial charge is 0.480 e. The quantitative estimate of drug-likeness (QED) is 0.0199. The number of anilines is 1. The minimum atomic E-state index is -1.86. The van der Waals surface area contributed by atoms with Crippen LogP contribution in [-0.2, 0) is 33.6 Å². The molecule has 2 heterocycles. The number of unbranched alkanes of at least 4 members (excludes halogenated alkanes) is 2. The lowest BCUT2D eigenvalue weighted by Crippen LogP contribution is -2.52. The van der Waals surface area contributed by atoms with Gasteiger partial charge in [0.05, 0.1) is 38.2 Å². The smallest absolute Gasteiger partial charge is 0.475 e. The first-order valence-electron chi connectivity index (χ1n) is 24.3. The maximum absolute atomic E-state index is 13.6. The van der Waals surface area contributed by atoms with Crippen LogP contribution in [0.15, 0.2) is 41.4 Å². The Bertz CT molecular complexity index is 2220. The highest BCUT2D eigenvalue weighted by Gasteiger charge is 2.42. The first kappa shape index (κ1) is 59.1. The molecule has 2 aliphatic heterocycles. The molecule has 27 heteroatoms. The number of carboxylic acid groups (broad SMARTS) is 3. The normalized spacial score (nSPS) is 18.3. The average molecular weight is 1030 g/mol. The number of benzene rings is 2. The third-order valence-electron chi connectivity index (χ3n) is 12.5. The van der Waals surface area contributed by atoms with E-state index in [2.05, 4.69) is 26.3 Å². The van der Waals surface area contributed by atoms with Gasteiger partial charge in [-0.1, -0.05) is 30.7 Å². The van der Waals surface area contributed by atoms with Crippen molar-refractivity contribution in [1.82, 2.24) is 40.4 Å². The van der Waals surface area contributed by atoms with E-state index < -0.39 is 72.8 Å². The van der Waals surface area contributed by atoms with Crippen LogP contribution in [0.25, 0.3) is 10.8 Å². The number of aliphatic carboxylic acids is 3. The van der Waals surface area contributed by atoms with Crippen molar-refractivity contribution in [3.8, 4) is 0 Å². The number of fused-ring (bicyclic) bond motifs is 1. The van der Waals surface area contributed by atoms with Gasteiger partial charge in [-0.15, -0.1) is 0 Å². The molecule has 402 valence electrons. The third-order valence-corrected chi connectivity index (χ3v) is 12.5. The van der Waals surface area contributed by atoms with E-state index in [0.29, 0.717) is 42.1 Å². The van der Waals surface area contributed by atoms with E-state index >= 15 is 0 Å². The molecule has 5 amide bonds. The monoisotopic (exact) mass is 1030 g/mol. The number of nitrogens with two attached hydrogens (primary N) is 2. The molecule has 2 aliphatic rings. The predicted octanol–water partition coefficient (Wildman–Crippen LogP) is -3.44. The van der Waals surface area contributed by atoms with Gasteiger partial charge in [-0.05, 0) is 56.5 Å². The lowest BCUT2D eigenvalue weighted by molar-refractivity contribution is -0.140. The van der Waals surface area contributed by atoms with Crippen LogP contribution in [0, 0.1) is 0 Å². The van der Waals surface area contributed by atoms with Gasteiger partial charge in [0.15, 0.2) is 5.96 Å². The summed E-state index contributed by atoms with van der Waals surface area (Å²) in [7, 11) is -1.86. The fourth-order valence-corrected chi connectivity index (χ4v) is 8.71. The van der Waals surface area contributed by atoms with Crippen LogP contribution in [0.5, 0.6) is 0 Å². The molecule has 26 nitrogen and oxygen atoms in total. The van der Waals surface area contributed by atoms with Crippen molar-refractivity contribution in [2.75, 3.05) is 103 Å². The first-order valence-corrected chi connectivity index (χ1v) is 24.3. The summed E-state index contributed by atoms with van der Waals surface area (Å²) in [6, 6.07) is 8.00. The van der Waals surface area contributed by atoms with Crippen molar-refractivity contribution >= 4 is 77.0 Å². The molecule has 14 N–H and O–H groups in total. The van der Waals surface area contributed by atoms with Gasteiger partial charge in [-0.25, -0.2) is 0 Å². The molecule has 0 aliphatic carbocycles. The number of carboxylic acids is 3. The number of amides is 5. The fourth-order valence-electron chi connectivity index (χ4n) is 8.71. The number of nitrogens with one attached hydrogen (secondary N) is 4. The van der Waals surface area contributed by atoms with Crippen LogP contribution >= 0.6 is 0 Å². The van der Waals surface area contributed by atoms with Crippen LogP contribution in [0.4, 0.5) is 5.69 Å². The molecule has 0 radical (unpaired) electrons. The van der Waals surface area contributed by atoms with E-state index in [9.17, 15) is 68.8 Å². The zero-order valence-corrected chi connectivity index (χ0v) is 41.2. The van der Waals surface area contributed by atoms with Gasteiger partial charge in [0.2, 0.25) is 23.6 Å². The Morgan fingerprint density at radius 1 is 0.712 bits per heavy atom. The SMILES string of the molecule is C[C@@H](NC(=O)c1ccc(NC(=O)CCCCCNC(=O)[C@H](CCCN=C(N)N)NC(=O)CN2CCN(CC(=O)O)CCN(CC(=O)O)CCN(CC(=O)O)CC2)c2ccccc12)C(=O)N1C[C@@H](O)C[C@H]1B(O)O. The average Bonchev–Trinajstić information content (AvgIpc) is 3.72. The summed E-state index contributed by atoms with van der Waals surface area (Å²) in [5, 5.41) is 70.3. The maximum Gasteiger partial charge on any atom is 0.475 e. The first-order chi connectivity index (χ1) is 34.7. The second-order valence-corrected chi connectivity index (χ2v) is 18.3. The van der Waals surface area contributed by atoms with Crippen LogP contribution in [0.3, 0.4) is 0 Å². The summed E-state index contributed by atoms with van der Waals surface area (Å²) >= 11 is 0. The molecule has 4 rings (SSSR count). The molecule has 2 saturated heterocycles. The van der Waals surface area contributed by atoms with Gasteiger partial charge in [0.25, 0.3) is 5.91 Å². The molecule has 4 atom stereocenters. The summed E-state index contributed by atoms with van der Waals surface area (Å²) in [5.41, 5.74) is 11.6. The van der Waals surface area contributed by atoms with Crippen LogP contribution in [-0.4, -0.2) is 238 Å². The molecular weight excluding hydrogens is 955 g/mol. The Balaban J connectivity index is 1.30. The van der Waals surface area contributed by atoms with E-state index in [0.717, 1.165) is 4.90 Å². The molecule has 0 aromatic heterocycles. The van der Waals surface area contributed by atoms with E-state index in [4.69, 9.17) is 11.5 Å². The fraction of sp³-hybridized carbons (Fsp3) is 0.587. The molecule has 2 aromatic carbocycles. The Morgan fingerprint density at radius 2 is 1.26 bits per heavy atom. The van der Waals surface area contributed by atoms with Crippen LogP contribution in [0.1, 0.15) is 62.2 Å². The van der Waals surface area contributed by atoms with Crippen LogP contribution < -0.4 is 32.7 Å². The third kappa shape index (κ3) is 20.5. The Hall–Kier alpha value is -6.49. The predicted molar refractivity (Wildman–Crippen MR) is 268 cm³/mol. The zero-order valence-electron chi connectivity index (χ0n) is 41.2. The van der Waals surface area contributed by atoms with Crippen molar-refractivity contribution < 1.29 is 68.8 Å². The Morgan fingerprint density at radius 3 is 1.79 bits per heavy atom. The van der Waals surface area contributed by atoms with E-state index in [1.165, 1.54) is 13.0 Å². The number of hydrogen-bond acceptors (Lipinski definition) is 16.